The molecule has 0 unspecified atom stereocenters. The van der Waals surface area contributed by atoms with Crippen LogP contribution in [0.5, 0.6) is 0 Å². The van der Waals surface area contributed by atoms with Crippen LogP contribution in [0.1, 0.15) is 35.8 Å². The van der Waals surface area contributed by atoms with E-state index in [-0.39, 0.29) is 0 Å². The third-order valence-corrected chi connectivity index (χ3v) is 3.75. The lowest BCUT2D eigenvalue weighted by molar-refractivity contribution is -0.117. The maximum absolute atomic E-state index is 12.2. The Balaban J connectivity index is 2.10. The van der Waals surface area contributed by atoms with Crippen LogP contribution in [0, 0.1) is 0 Å². The third-order valence-electron chi connectivity index (χ3n) is 3.38. The molecule has 22 heavy (non-hydrogen) atoms. The van der Waals surface area contributed by atoms with Gasteiger partial charge in [-0.15, -0.1) is 0 Å². The van der Waals surface area contributed by atoms with Crippen LogP contribution < -0.4 is 5.32 Å². The Morgan fingerprint density at radius 3 is 2.68 bits per heavy atom. The van der Waals surface area contributed by atoms with Gasteiger partial charge in [-0.3, -0.25) is 9.59 Å². The molecular weight excluding hydrogens is 300 g/mol. The minimum absolute atomic E-state index is 0.369. The van der Waals surface area contributed by atoms with Gasteiger partial charge in [0.2, 0.25) is 0 Å². The molecule has 0 aliphatic heterocycles. The molecule has 1 aromatic carbocycles. The number of carbonyl (C=O) groups is 2. The fourth-order valence-electron chi connectivity index (χ4n) is 2.14. The van der Waals surface area contributed by atoms with Gasteiger partial charge in [-0.1, -0.05) is 43.1 Å². The molecule has 5 heteroatoms. The molecule has 2 rings (SSSR count). The van der Waals surface area contributed by atoms with Gasteiger partial charge in [-0.25, -0.2) is 0 Å². The van der Waals surface area contributed by atoms with Gasteiger partial charge in [0.1, 0.15) is 0 Å². The van der Waals surface area contributed by atoms with E-state index in [0.29, 0.717) is 23.8 Å². The number of ketones is 1. The van der Waals surface area contributed by atoms with Gasteiger partial charge >= 0.3 is 0 Å². The lowest BCUT2D eigenvalue weighted by atomic mass is 10.2. The van der Waals surface area contributed by atoms with E-state index in [2.05, 4.69) is 5.32 Å². The number of unbranched alkanes of at least 4 members (excludes halogenated alkanes) is 1. The highest BCUT2D eigenvalue weighted by Crippen LogP contribution is 2.17. The van der Waals surface area contributed by atoms with Crippen molar-refractivity contribution in [2.24, 2.45) is 0 Å². The van der Waals surface area contributed by atoms with Crippen LogP contribution in [0.15, 0.2) is 42.6 Å². The molecule has 0 aliphatic carbocycles. The molecule has 0 saturated heterocycles. The van der Waals surface area contributed by atoms with Gasteiger partial charge in [-0.2, -0.15) is 0 Å². The van der Waals surface area contributed by atoms with E-state index in [9.17, 15) is 9.59 Å². The minimum atomic E-state index is -0.562. The van der Waals surface area contributed by atoms with Crippen LogP contribution in [0.3, 0.4) is 0 Å². The summed E-state index contributed by atoms with van der Waals surface area (Å²) in [5.74, 6) is -1.08. The summed E-state index contributed by atoms with van der Waals surface area (Å²) in [6, 6.07) is 10.9. The predicted molar refractivity (Wildman–Crippen MR) is 87.2 cm³/mol. The van der Waals surface area contributed by atoms with Gasteiger partial charge in [0, 0.05) is 24.3 Å². The van der Waals surface area contributed by atoms with Gasteiger partial charge in [-0.05, 0) is 30.2 Å². The fourth-order valence-corrected chi connectivity index (χ4v) is 2.34. The van der Waals surface area contributed by atoms with E-state index in [1.165, 1.54) is 0 Å². The Labute approximate surface area is 135 Å². The van der Waals surface area contributed by atoms with Crippen molar-refractivity contribution in [3.05, 3.63) is 58.9 Å². The van der Waals surface area contributed by atoms with Crippen molar-refractivity contribution < 1.29 is 9.59 Å². The topological polar surface area (TPSA) is 51.1 Å². The van der Waals surface area contributed by atoms with Crippen molar-refractivity contribution in [1.82, 2.24) is 9.88 Å². The molecule has 0 atom stereocenters. The summed E-state index contributed by atoms with van der Waals surface area (Å²) in [4.78, 5) is 24.1. The second-order valence-electron chi connectivity index (χ2n) is 5.05. The number of nitrogens with zero attached hydrogens (tertiary/aromatic N) is 1. The zero-order valence-electron chi connectivity index (χ0n) is 12.5. The SMILES string of the molecule is CCCCNC(=O)C(=O)c1cccn1Cc1ccccc1Cl. The van der Waals surface area contributed by atoms with Gasteiger partial charge in [0.15, 0.2) is 0 Å². The monoisotopic (exact) mass is 318 g/mol. The summed E-state index contributed by atoms with van der Waals surface area (Å²) < 4.78 is 1.74. The van der Waals surface area contributed by atoms with Crippen LogP contribution in [0.25, 0.3) is 0 Å². The molecule has 1 aromatic heterocycles. The number of rotatable bonds is 7. The van der Waals surface area contributed by atoms with Gasteiger partial charge < -0.3 is 9.88 Å². The number of carbonyl (C=O) groups excluding carboxylic acids is 2. The molecule has 2 aromatic rings. The first-order valence-corrected chi connectivity index (χ1v) is 7.72. The summed E-state index contributed by atoms with van der Waals surface area (Å²) in [7, 11) is 0. The summed E-state index contributed by atoms with van der Waals surface area (Å²) in [6.07, 6.45) is 3.60. The number of amides is 1. The summed E-state index contributed by atoms with van der Waals surface area (Å²) in [5.41, 5.74) is 1.27. The Morgan fingerprint density at radius 1 is 1.18 bits per heavy atom. The number of hydrogen-bond donors (Lipinski definition) is 1. The van der Waals surface area contributed by atoms with E-state index in [1.807, 2.05) is 25.1 Å². The largest absolute Gasteiger partial charge is 0.349 e. The second kappa shape index (κ2) is 7.80. The van der Waals surface area contributed by atoms with Gasteiger partial charge in [0.25, 0.3) is 11.7 Å². The van der Waals surface area contributed by atoms with Crippen molar-refractivity contribution in [3.8, 4) is 0 Å². The van der Waals surface area contributed by atoms with Crippen molar-refractivity contribution in [1.29, 1.82) is 0 Å². The number of nitrogens with one attached hydrogen (secondary N) is 1. The smallest absolute Gasteiger partial charge is 0.293 e. The first-order chi connectivity index (χ1) is 10.6. The molecule has 0 bridgehead atoms. The quantitative estimate of drug-likeness (QED) is 0.484. The van der Waals surface area contributed by atoms with E-state index in [0.717, 1.165) is 18.4 Å². The average Bonchev–Trinajstić information content (AvgIpc) is 2.97. The molecule has 116 valence electrons. The van der Waals surface area contributed by atoms with Crippen LogP contribution in [-0.4, -0.2) is 22.8 Å². The molecule has 4 nitrogen and oxygen atoms in total. The normalized spacial score (nSPS) is 10.5. The third kappa shape index (κ3) is 3.98. The zero-order chi connectivity index (χ0) is 15.9. The Kier molecular flexibility index (Phi) is 5.78. The van der Waals surface area contributed by atoms with Gasteiger partial charge in [0.05, 0.1) is 5.69 Å². The molecule has 0 radical (unpaired) electrons. The molecule has 1 N–H and O–H groups in total. The van der Waals surface area contributed by atoms with Crippen molar-refractivity contribution in [2.75, 3.05) is 6.54 Å². The van der Waals surface area contributed by atoms with Crippen molar-refractivity contribution in [2.45, 2.75) is 26.3 Å². The second-order valence-corrected chi connectivity index (χ2v) is 5.46. The molecular formula is C17H19ClN2O2. The minimum Gasteiger partial charge on any atom is -0.349 e. The van der Waals surface area contributed by atoms with E-state index in [4.69, 9.17) is 11.6 Å². The summed E-state index contributed by atoms with van der Waals surface area (Å²) in [5, 5.41) is 3.29. The van der Waals surface area contributed by atoms with Crippen LogP contribution in [-0.2, 0) is 11.3 Å². The maximum Gasteiger partial charge on any atom is 0.293 e. The fraction of sp³-hybridized carbons (Fsp3) is 0.294. The number of hydrogen-bond acceptors (Lipinski definition) is 2. The Bertz CT molecular complexity index is 664. The lowest BCUT2D eigenvalue weighted by Crippen LogP contribution is -2.33. The molecule has 1 heterocycles. The standard InChI is InChI=1S/C17H19ClN2O2/c1-2-3-10-19-17(22)16(21)15-9-6-11-20(15)12-13-7-4-5-8-14(13)18/h4-9,11H,2-3,10,12H2,1H3,(H,19,22). The highest BCUT2D eigenvalue weighted by Gasteiger charge is 2.19. The zero-order valence-corrected chi connectivity index (χ0v) is 13.3. The van der Waals surface area contributed by atoms with Crippen LogP contribution in [0.2, 0.25) is 5.02 Å². The number of benzene rings is 1. The van der Waals surface area contributed by atoms with Crippen LogP contribution in [0.4, 0.5) is 0 Å². The lowest BCUT2D eigenvalue weighted by Gasteiger charge is -2.10. The average molecular weight is 319 g/mol. The predicted octanol–water partition coefficient (Wildman–Crippen LogP) is 3.29. The Morgan fingerprint density at radius 2 is 1.95 bits per heavy atom. The number of halogens is 1. The van der Waals surface area contributed by atoms with Crippen LogP contribution >= 0.6 is 11.6 Å². The molecule has 0 fully saturated rings. The first kappa shape index (κ1) is 16.3. The highest BCUT2D eigenvalue weighted by molar-refractivity contribution is 6.42. The number of aromatic nitrogens is 1. The number of Topliss-reactive ketones (excluding diaryl/α,β-unsaturated/α-hetero) is 1. The highest BCUT2D eigenvalue weighted by atomic mass is 35.5. The molecule has 0 saturated carbocycles. The summed E-state index contributed by atoms with van der Waals surface area (Å²) >= 11 is 6.14. The Hall–Kier alpha value is -2.07. The maximum atomic E-state index is 12.2. The van der Waals surface area contributed by atoms with Crippen molar-refractivity contribution >= 4 is 23.3 Å². The van der Waals surface area contributed by atoms with E-state index < -0.39 is 11.7 Å². The van der Waals surface area contributed by atoms with E-state index >= 15 is 0 Å². The summed E-state index contributed by atoms with van der Waals surface area (Å²) in [6.45, 7) is 3.00. The van der Waals surface area contributed by atoms with Crippen molar-refractivity contribution in [3.63, 3.8) is 0 Å². The first-order valence-electron chi connectivity index (χ1n) is 7.34. The molecule has 1 amide bonds. The molecule has 0 spiro atoms. The molecule has 0 aliphatic rings. The van der Waals surface area contributed by atoms with E-state index in [1.54, 1.807) is 29.0 Å².